The van der Waals surface area contributed by atoms with Gasteiger partial charge in [0.1, 0.15) is 0 Å². The van der Waals surface area contributed by atoms with Crippen LogP contribution in [0.1, 0.15) is 20.8 Å². The van der Waals surface area contributed by atoms with Crippen LogP contribution in [0.2, 0.25) is 0 Å². The highest BCUT2D eigenvalue weighted by Gasteiger charge is 2.19. The summed E-state index contributed by atoms with van der Waals surface area (Å²) in [7, 11) is -7.66. The summed E-state index contributed by atoms with van der Waals surface area (Å²) >= 11 is 0. The molecule has 0 fully saturated rings. The van der Waals surface area contributed by atoms with E-state index in [-0.39, 0.29) is 15.7 Å². The number of hydrogen-bond acceptors (Lipinski definition) is 5. The van der Waals surface area contributed by atoms with E-state index in [9.17, 15) is 21.6 Å². The van der Waals surface area contributed by atoms with Crippen LogP contribution in [0.3, 0.4) is 0 Å². The van der Waals surface area contributed by atoms with Gasteiger partial charge in [0, 0.05) is 12.3 Å². The first-order chi connectivity index (χ1) is 9.93. The van der Waals surface area contributed by atoms with E-state index in [4.69, 9.17) is 0 Å². The predicted molar refractivity (Wildman–Crippen MR) is 83.5 cm³/mol. The van der Waals surface area contributed by atoms with E-state index in [2.05, 4.69) is 0 Å². The van der Waals surface area contributed by atoms with Crippen LogP contribution in [-0.2, 0) is 24.7 Å². The van der Waals surface area contributed by atoms with Crippen molar-refractivity contribution in [3.8, 4) is 0 Å². The summed E-state index contributed by atoms with van der Waals surface area (Å²) in [4.78, 5) is 11.3. The summed E-state index contributed by atoms with van der Waals surface area (Å²) in [6.45, 7) is 5.48. The van der Waals surface area contributed by atoms with Crippen LogP contribution in [0.5, 0.6) is 0 Å². The summed E-state index contributed by atoms with van der Waals surface area (Å²) < 4.78 is 49.1. The topological polar surface area (TPSA) is 97.4 Å². The third kappa shape index (κ3) is 4.96. The maximum Gasteiger partial charge on any atom is 0.264 e. The highest BCUT2D eigenvalue weighted by Crippen LogP contribution is 2.16. The second-order valence-corrected chi connectivity index (χ2v) is 8.96. The van der Waals surface area contributed by atoms with Crippen molar-refractivity contribution in [1.82, 2.24) is 4.72 Å². The van der Waals surface area contributed by atoms with Crippen molar-refractivity contribution in [3.63, 3.8) is 0 Å². The number of amides is 1. The van der Waals surface area contributed by atoms with Crippen LogP contribution in [0.25, 0.3) is 0 Å². The average Bonchev–Trinajstić information content (AvgIpc) is 2.36. The smallest absolute Gasteiger partial charge is 0.264 e. The Labute approximate surface area is 131 Å². The average molecular weight is 345 g/mol. The highest BCUT2D eigenvalue weighted by molar-refractivity contribution is 7.91. The minimum Gasteiger partial charge on any atom is -0.269 e. The first-order valence-electron chi connectivity index (χ1n) is 6.48. The molecule has 0 heterocycles. The predicted octanol–water partition coefficient (Wildman–Crippen LogP) is 1.50. The molecule has 0 saturated heterocycles. The fourth-order valence-electron chi connectivity index (χ4n) is 1.47. The molecule has 1 aromatic carbocycles. The van der Waals surface area contributed by atoms with Crippen LogP contribution in [-0.4, -0.2) is 29.0 Å². The summed E-state index contributed by atoms with van der Waals surface area (Å²) in [5.74, 6) is -0.655. The monoisotopic (exact) mass is 345 g/mol. The molecule has 0 aliphatic carbocycles. The van der Waals surface area contributed by atoms with Crippen LogP contribution in [0.15, 0.2) is 45.7 Å². The Balaban J connectivity index is 3.11. The van der Waals surface area contributed by atoms with Crippen molar-refractivity contribution >= 4 is 25.8 Å². The number of sulfone groups is 1. The Morgan fingerprint density at radius 1 is 1.14 bits per heavy atom. The van der Waals surface area contributed by atoms with Gasteiger partial charge in [-0.2, -0.15) is 0 Å². The molecule has 0 spiro atoms. The Morgan fingerprint density at radius 3 is 2.18 bits per heavy atom. The van der Waals surface area contributed by atoms with Gasteiger partial charge in [0.2, 0.25) is 0 Å². The summed E-state index contributed by atoms with van der Waals surface area (Å²) in [6.07, 6.45) is 2.19. The van der Waals surface area contributed by atoms with E-state index in [1.807, 2.05) is 18.6 Å². The minimum atomic E-state index is -4.12. The van der Waals surface area contributed by atoms with Crippen molar-refractivity contribution in [1.29, 1.82) is 0 Å². The number of allylic oxidation sites excluding steroid dienone is 1. The third-order valence-corrected chi connectivity index (χ3v) is 5.50. The number of benzene rings is 1. The molecule has 122 valence electrons. The van der Waals surface area contributed by atoms with Crippen molar-refractivity contribution in [2.75, 3.05) is 6.26 Å². The molecule has 0 unspecified atom stereocenters. The number of carbonyl (C=O) groups is 1. The van der Waals surface area contributed by atoms with Crippen molar-refractivity contribution in [2.45, 2.75) is 30.6 Å². The largest absolute Gasteiger partial charge is 0.269 e. The molecule has 6 nitrogen and oxygen atoms in total. The standard InChI is InChI=1S/C14H19NO5S2/c1-10(2)11(3)8-14(16)15-22(19,20)13-7-5-6-12(9-13)21(4,17)18/h5-10H,1-4H3,(H,15,16)/b11-8+. The van der Waals surface area contributed by atoms with Gasteiger partial charge in [-0.25, -0.2) is 21.6 Å². The lowest BCUT2D eigenvalue weighted by molar-refractivity contribution is -0.114. The molecular weight excluding hydrogens is 326 g/mol. The van der Waals surface area contributed by atoms with E-state index in [1.54, 1.807) is 6.92 Å². The zero-order valence-corrected chi connectivity index (χ0v) is 14.5. The second kappa shape index (κ2) is 6.62. The summed E-state index contributed by atoms with van der Waals surface area (Å²) in [5, 5.41) is 0. The highest BCUT2D eigenvalue weighted by atomic mass is 32.2. The van der Waals surface area contributed by atoms with Gasteiger partial charge in [-0.05, 0) is 31.0 Å². The van der Waals surface area contributed by atoms with Gasteiger partial charge < -0.3 is 0 Å². The fourth-order valence-corrected chi connectivity index (χ4v) is 3.19. The molecule has 0 aliphatic heterocycles. The molecule has 1 N–H and O–H groups in total. The van der Waals surface area contributed by atoms with Crippen molar-refractivity contribution in [3.05, 3.63) is 35.9 Å². The van der Waals surface area contributed by atoms with Crippen LogP contribution in [0.4, 0.5) is 0 Å². The van der Waals surface area contributed by atoms with Gasteiger partial charge in [-0.3, -0.25) is 4.79 Å². The lowest BCUT2D eigenvalue weighted by atomic mass is 10.1. The van der Waals surface area contributed by atoms with Gasteiger partial charge in [0.25, 0.3) is 15.9 Å². The maximum atomic E-state index is 12.1. The molecule has 8 heteroatoms. The van der Waals surface area contributed by atoms with Crippen molar-refractivity contribution in [2.24, 2.45) is 5.92 Å². The minimum absolute atomic E-state index is 0.113. The lowest BCUT2D eigenvalue weighted by Crippen LogP contribution is -2.29. The Hall–Kier alpha value is -1.67. The number of sulfonamides is 1. The number of hydrogen-bond donors (Lipinski definition) is 1. The zero-order chi connectivity index (χ0) is 17.1. The zero-order valence-electron chi connectivity index (χ0n) is 12.8. The first kappa shape index (κ1) is 18.4. The lowest BCUT2D eigenvalue weighted by Gasteiger charge is -2.08. The summed E-state index contributed by atoms with van der Waals surface area (Å²) in [5.41, 5.74) is 0.734. The molecule has 0 bridgehead atoms. The van der Waals surface area contributed by atoms with Crippen LogP contribution in [0, 0.1) is 5.92 Å². The normalized spacial score (nSPS) is 13.2. The molecule has 0 radical (unpaired) electrons. The molecule has 0 aliphatic rings. The third-order valence-electron chi connectivity index (χ3n) is 3.05. The molecule has 0 saturated carbocycles. The molecule has 0 aromatic heterocycles. The van der Waals surface area contributed by atoms with Gasteiger partial charge in [-0.1, -0.05) is 25.5 Å². The molecule has 1 rings (SSSR count). The van der Waals surface area contributed by atoms with Crippen LogP contribution < -0.4 is 4.72 Å². The molecular formula is C14H19NO5S2. The van der Waals surface area contributed by atoms with Gasteiger partial charge in [0.15, 0.2) is 9.84 Å². The second-order valence-electron chi connectivity index (χ2n) is 5.26. The van der Waals surface area contributed by atoms with Gasteiger partial charge in [-0.15, -0.1) is 0 Å². The first-order valence-corrected chi connectivity index (χ1v) is 9.86. The van der Waals surface area contributed by atoms with Crippen LogP contribution >= 0.6 is 0 Å². The van der Waals surface area contributed by atoms with E-state index >= 15 is 0 Å². The number of rotatable bonds is 5. The van der Waals surface area contributed by atoms with Gasteiger partial charge in [0.05, 0.1) is 9.79 Å². The Bertz CT molecular complexity index is 805. The maximum absolute atomic E-state index is 12.1. The molecule has 0 atom stereocenters. The quantitative estimate of drug-likeness (QED) is 0.816. The van der Waals surface area contributed by atoms with Crippen molar-refractivity contribution < 1.29 is 21.6 Å². The fraction of sp³-hybridized carbons (Fsp3) is 0.357. The number of carbonyl (C=O) groups excluding carboxylic acids is 1. The summed E-state index contributed by atoms with van der Waals surface area (Å²) in [6, 6.07) is 4.84. The molecule has 1 amide bonds. The van der Waals surface area contributed by atoms with E-state index in [0.29, 0.717) is 0 Å². The van der Waals surface area contributed by atoms with Gasteiger partial charge >= 0.3 is 0 Å². The SMILES string of the molecule is C/C(=C\C(=O)NS(=O)(=O)c1cccc(S(C)(=O)=O)c1)C(C)C. The Kier molecular flexibility index (Phi) is 5.53. The Morgan fingerprint density at radius 2 is 1.68 bits per heavy atom. The molecule has 22 heavy (non-hydrogen) atoms. The van der Waals surface area contributed by atoms with E-state index in [1.165, 1.54) is 24.3 Å². The van der Waals surface area contributed by atoms with E-state index in [0.717, 1.165) is 17.9 Å². The molecule has 1 aromatic rings. The number of nitrogens with one attached hydrogen (secondary N) is 1. The van der Waals surface area contributed by atoms with E-state index < -0.39 is 25.8 Å².